The Morgan fingerprint density at radius 2 is 0.750 bits per heavy atom. The van der Waals surface area contributed by atoms with E-state index in [1.807, 2.05) is 0 Å². The SMILES string of the molecule is C[N+](C)(C)Cc1ccccc1.C[N+](C)(C)Cc1ccccc1.[OH-].[OH-]. The van der Waals surface area contributed by atoms with Gasteiger partial charge in [0.05, 0.1) is 42.3 Å². The van der Waals surface area contributed by atoms with Crippen molar-refractivity contribution in [3.8, 4) is 0 Å². The van der Waals surface area contributed by atoms with Crippen LogP contribution in [0.2, 0.25) is 0 Å². The molecular formula is C20H34N2O2. The summed E-state index contributed by atoms with van der Waals surface area (Å²) in [6.45, 7) is 2.20. The normalized spacial score (nSPS) is 10.6. The Balaban J connectivity index is 0. The van der Waals surface area contributed by atoms with Crippen LogP contribution in [0.4, 0.5) is 0 Å². The third kappa shape index (κ3) is 12.8. The molecule has 4 nitrogen and oxygen atoms in total. The lowest BCUT2D eigenvalue weighted by atomic mass is 10.2. The highest BCUT2D eigenvalue weighted by molar-refractivity contribution is 5.13. The van der Waals surface area contributed by atoms with Crippen LogP contribution in [-0.2, 0) is 13.1 Å². The first-order chi connectivity index (χ1) is 10.2. The third-order valence-electron chi connectivity index (χ3n) is 3.00. The van der Waals surface area contributed by atoms with Gasteiger partial charge in [-0.15, -0.1) is 0 Å². The molecule has 0 atom stereocenters. The molecule has 0 radical (unpaired) electrons. The van der Waals surface area contributed by atoms with Crippen LogP contribution in [0.1, 0.15) is 11.1 Å². The molecule has 0 aliphatic carbocycles. The molecule has 0 aliphatic rings. The number of benzene rings is 2. The van der Waals surface area contributed by atoms with Crippen LogP contribution in [0.5, 0.6) is 0 Å². The van der Waals surface area contributed by atoms with Crippen LogP contribution < -0.4 is 0 Å². The monoisotopic (exact) mass is 334 g/mol. The maximum atomic E-state index is 2.20. The molecule has 2 rings (SSSR count). The fourth-order valence-corrected chi connectivity index (χ4v) is 2.26. The first-order valence-corrected chi connectivity index (χ1v) is 7.84. The molecule has 2 N–H and O–H groups in total. The van der Waals surface area contributed by atoms with Crippen LogP contribution in [0.3, 0.4) is 0 Å². The molecule has 0 fully saturated rings. The molecule has 0 unspecified atom stereocenters. The fraction of sp³-hybridized carbons (Fsp3) is 0.400. The largest absolute Gasteiger partial charge is 0.870 e. The number of quaternary nitrogens is 2. The van der Waals surface area contributed by atoms with Crippen LogP contribution in [0.25, 0.3) is 0 Å². The Hall–Kier alpha value is -1.72. The second-order valence-corrected chi connectivity index (χ2v) is 7.87. The van der Waals surface area contributed by atoms with Gasteiger partial charge >= 0.3 is 0 Å². The molecule has 24 heavy (non-hydrogen) atoms. The van der Waals surface area contributed by atoms with E-state index in [0.29, 0.717) is 0 Å². The van der Waals surface area contributed by atoms with E-state index in [9.17, 15) is 0 Å². The highest BCUT2D eigenvalue weighted by atomic mass is 16.0. The molecule has 0 heterocycles. The van der Waals surface area contributed by atoms with Crippen LogP contribution >= 0.6 is 0 Å². The van der Waals surface area contributed by atoms with Gasteiger partial charge in [-0.25, -0.2) is 0 Å². The van der Waals surface area contributed by atoms with Gasteiger partial charge in [-0.1, -0.05) is 60.7 Å². The van der Waals surface area contributed by atoms with E-state index in [1.54, 1.807) is 0 Å². The van der Waals surface area contributed by atoms with Gasteiger partial charge in [0.25, 0.3) is 0 Å². The van der Waals surface area contributed by atoms with Crippen LogP contribution in [0, 0.1) is 0 Å². The quantitative estimate of drug-likeness (QED) is 0.804. The Morgan fingerprint density at radius 1 is 0.500 bits per heavy atom. The first-order valence-electron chi connectivity index (χ1n) is 7.84. The summed E-state index contributed by atoms with van der Waals surface area (Å²) < 4.78 is 1.98. The standard InChI is InChI=1S/2C10H16N.2H2O/c2*1-11(2,3)9-10-7-5-4-6-8-10;;/h2*4-8H,9H2,1-3H3;2*1H2/q2*+1;;/p-2. The fourth-order valence-electron chi connectivity index (χ4n) is 2.26. The molecule has 2 aromatic carbocycles. The van der Waals surface area contributed by atoms with E-state index in [-0.39, 0.29) is 11.0 Å². The minimum atomic E-state index is 0. The van der Waals surface area contributed by atoms with E-state index in [4.69, 9.17) is 0 Å². The maximum absolute atomic E-state index is 2.20. The van der Waals surface area contributed by atoms with Crippen molar-refractivity contribution in [2.24, 2.45) is 0 Å². The van der Waals surface area contributed by atoms with Crippen molar-refractivity contribution < 1.29 is 19.9 Å². The van der Waals surface area contributed by atoms with E-state index < -0.39 is 0 Å². The predicted octanol–water partition coefficient (Wildman–Crippen LogP) is 3.43. The maximum Gasteiger partial charge on any atom is 0.104 e. The van der Waals surface area contributed by atoms with Crippen molar-refractivity contribution in [1.82, 2.24) is 0 Å². The molecule has 0 saturated carbocycles. The summed E-state index contributed by atoms with van der Waals surface area (Å²) in [5.41, 5.74) is 2.81. The van der Waals surface area contributed by atoms with Gasteiger partial charge in [0.1, 0.15) is 13.1 Å². The summed E-state index contributed by atoms with van der Waals surface area (Å²) in [5, 5.41) is 0. The topological polar surface area (TPSA) is 60.0 Å². The van der Waals surface area contributed by atoms with Crippen molar-refractivity contribution in [2.75, 3.05) is 42.3 Å². The zero-order chi connectivity index (χ0) is 16.6. The van der Waals surface area contributed by atoms with E-state index in [0.717, 1.165) is 22.1 Å². The molecule has 0 amide bonds. The Morgan fingerprint density at radius 3 is 0.958 bits per heavy atom. The van der Waals surface area contributed by atoms with E-state index >= 15 is 0 Å². The molecular weight excluding hydrogens is 300 g/mol. The number of hydrogen-bond donors (Lipinski definition) is 0. The first kappa shape index (κ1) is 24.5. The van der Waals surface area contributed by atoms with Crippen molar-refractivity contribution in [2.45, 2.75) is 13.1 Å². The van der Waals surface area contributed by atoms with Crippen LogP contribution in [-0.4, -0.2) is 62.2 Å². The predicted molar refractivity (Wildman–Crippen MR) is 100 cm³/mol. The highest BCUT2D eigenvalue weighted by Crippen LogP contribution is 2.05. The molecule has 4 heteroatoms. The van der Waals surface area contributed by atoms with Gasteiger partial charge in [0, 0.05) is 11.1 Å². The average Bonchev–Trinajstić information content (AvgIpc) is 2.38. The Bertz CT molecular complexity index is 478. The van der Waals surface area contributed by atoms with Crippen molar-refractivity contribution in [3.05, 3.63) is 71.8 Å². The molecule has 0 saturated heterocycles. The van der Waals surface area contributed by atoms with Gasteiger partial charge < -0.3 is 19.9 Å². The average molecular weight is 335 g/mol. The molecule has 0 bridgehead atoms. The van der Waals surface area contributed by atoms with Gasteiger partial charge in [0.2, 0.25) is 0 Å². The summed E-state index contributed by atoms with van der Waals surface area (Å²) >= 11 is 0. The molecule has 0 spiro atoms. The van der Waals surface area contributed by atoms with Gasteiger partial charge in [-0.2, -0.15) is 0 Å². The Labute approximate surface area is 147 Å². The zero-order valence-electron chi connectivity index (χ0n) is 16.0. The highest BCUT2D eigenvalue weighted by Gasteiger charge is 2.07. The summed E-state index contributed by atoms with van der Waals surface area (Å²) in [5.74, 6) is 0. The third-order valence-corrected chi connectivity index (χ3v) is 3.00. The minimum absolute atomic E-state index is 0. The van der Waals surface area contributed by atoms with Gasteiger partial charge in [0.15, 0.2) is 0 Å². The van der Waals surface area contributed by atoms with Gasteiger partial charge in [-0.05, 0) is 0 Å². The van der Waals surface area contributed by atoms with Crippen molar-refractivity contribution >= 4 is 0 Å². The molecule has 0 aliphatic heterocycles. The summed E-state index contributed by atoms with van der Waals surface area (Å²) in [7, 11) is 13.2. The van der Waals surface area contributed by atoms with Crippen LogP contribution in [0.15, 0.2) is 60.7 Å². The number of hydrogen-bond acceptors (Lipinski definition) is 2. The van der Waals surface area contributed by atoms with E-state index in [2.05, 4.69) is 103 Å². The number of nitrogens with zero attached hydrogens (tertiary/aromatic N) is 2. The lowest BCUT2D eigenvalue weighted by molar-refractivity contribution is -0.884. The number of rotatable bonds is 4. The zero-order valence-corrected chi connectivity index (χ0v) is 16.0. The lowest BCUT2D eigenvalue weighted by Crippen LogP contribution is -2.33. The van der Waals surface area contributed by atoms with E-state index in [1.165, 1.54) is 11.1 Å². The minimum Gasteiger partial charge on any atom is -0.870 e. The Kier molecular flexibility index (Phi) is 11.2. The van der Waals surface area contributed by atoms with Crippen molar-refractivity contribution in [3.63, 3.8) is 0 Å². The van der Waals surface area contributed by atoms with Gasteiger partial charge in [-0.3, -0.25) is 0 Å². The summed E-state index contributed by atoms with van der Waals surface area (Å²) in [6, 6.07) is 21.1. The smallest absolute Gasteiger partial charge is 0.104 e. The second-order valence-electron chi connectivity index (χ2n) is 7.87. The van der Waals surface area contributed by atoms with Crippen molar-refractivity contribution in [1.29, 1.82) is 0 Å². The summed E-state index contributed by atoms with van der Waals surface area (Å²) in [4.78, 5) is 0. The molecule has 0 aromatic heterocycles. The lowest BCUT2D eigenvalue weighted by Gasteiger charge is -2.23. The second kappa shape index (κ2) is 10.9. The molecule has 2 aromatic rings. The molecule has 136 valence electrons. The summed E-state index contributed by atoms with van der Waals surface area (Å²) in [6.07, 6.45) is 0.